The van der Waals surface area contributed by atoms with E-state index in [1.54, 1.807) is 17.5 Å². The number of morpholine rings is 1. The zero-order valence-electron chi connectivity index (χ0n) is 17.0. The Morgan fingerprint density at radius 1 is 1.41 bits per heavy atom. The highest BCUT2D eigenvalue weighted by Crippen LogP contribution is 2.35. The third kappa shape index (κ3) is 4.99. The fraction of sp³-hybridized carbons (Fsp3) is 0.619. The maximum Gasteiger partial charge on any atom is 0.223 e. The molecule has 1 amide bonds. The van der Waals surface area contributed by atoms with Crippen LogP contribution in [0.2, 0.25) is 0 Å². The standard InChI is InChI=1S/C21H29N5O2S/c1-16-24-25-19(29-16)7-8-20(27)26-11-12-28-21(15-26)9-3-2-6-18(21)23-14-17-5-4-10-22-13-17/h4-5,10,13,18,23H,2-3,6-9,11-12,14-15H2,1H3/t18-,21+/m0/s1. The summed E-state index contributed by atoms with van der Waals surface area (Å²) in [6.45, 7) is 4.66. The van der Waals surface area contributed by atoms with Crippen molar-refractivity contribution in [1.29, 1.82) is 0 Å². The second kappa shape index (κ2) is 9.28. The van der Waals surface area contributed by atoms with Gasteiger partial charge in [0.25, 0.3) is 0 Å². The Balaban J connectivity index is 1.37. The van der Waals surface area contributed by atoms with E-state index in [0.717, 1.165) is 35.8 Å². The average molecular weight is 416 g/mol. The molecule has 8 heteroatoms. The average Bonchev–Trinajstić information content (AvgIpc) is 3.17. The molecule has 1 N–H and O–H groups in total. The fourth-order valence-corrected chi connectivity index (χ4v) is 5.14. The van der Waals surface area contributed by atoms with Gasteiger partial charge in [-0.15, -0.1) is 21.5 Å². The number of aromatic nitrogens is 3. The molecule has 0 radical (unpaired) electrons. The molecule has 3 heterocycles. The van der Waals surface area contributed by atoms with Gasteiger partial charge in [0.1, 0.15) is 15.6 Å². The lowest BCUT2D eigenvalue weighted by molar-refractivity contribution is -0.163. The number of rotatable bonds is 6. The molecule has 1 spiro atoms. The third-order valence-corrected chi connectivity index (χ3v) is 6.83. The summed E-state index contributed by atoms with van der Waals surface area (Å²) in [5, 5.41) is 13.8. The van der Waals surface area contributed by atoms with Gasteiger partial charge in [0.05, 0.1) is 13.2 Å². The SMILES string of the molecule is Cc1nnc(CCC(=O)N2CCO[C@]3(CCCC[C@@H]3NCc3cccnc3)C2)s1. The van der Waals surface area contributed by atoms with E-state index in [-0.39, 0.29) is 17.6 Å². The van der Waals surface area contributed by atoms with Gasteiger partial charge >= 0.3 is 0 Å². The molecule has 2 aromatic rings. The number of carbonyl (C=O) groups is 1. The van der Waals surface area contributed by atoms with Crippen LogP contribution in [0.1, 0.15) is 47.7 Å². The number of nitrogens with one attached hydrogen (secondary N) is 1. The van der Waals surface area contributed by atoms with Crippen LogP contribution in [0, 0.1) is 6.92 Å². The monoisotopic (exact) mass is 415 g/mol. The molecule has 4 rings (SSSR count). The first kappa shape index (κ1) is 20.4. The van der Waals surface area contributed by atoms with Crippen LogP contribution in [0.4, 0.5) is 0 Å². The van der Waals surface area contributed by atoms with Crippen molar-refractivity contribution in [3.8, 4) is 0 Å². The zero-order valence-corrected chi connectivity index (χ0v) is 17.8. The Hall–Kier alpha value is -1.90. The summed E-state index contributed by atoms with van der Waals surface area (Å²) in [4.78, 5) is 19.1. The van der Waals surface area contributed by atoms with Crippen molar-refractivity contribution >= 4 is 17.2 Å². The van der Waals surface area contributed by atoms with E-state index in [9.17, 15) is 4.79 Å². The van der Waals surface area contributed by atoms with Crippen LogP contribution in [0.25, 0.3) is 0 Å². The van der Waals surface area contributed by atoms with Gasteiger partial charge in [0.2, 0.25) is 5.91 Å². The number of ether oxygens (including phenoxy) is 1. The van der Waals surface area contributed by atoms with Crippen molar-refractivity contribution < 1.29 is 9.53 Å². The van der Waals surface area contributed by atoms with Crippen molar-refractivity contribution in [2.75, 3.05) is 19.7 Å². The quantitative estimate of drug-likeness (QED) is 0.781. The second-order valence-corrected chi connectivity index (χ2v) is 9.25. The second-order valence-electron chi connectivity index (χ2n) is 7.98. The number of aryl methyl sites for hydroxylation is 2. The molecule has 0 aromatic carbocycles. The highest BCUT2D eigenvalue weighted by molar-refractivity contribution is 7.11. The van der Waals surface area contributed by atoms with Gasteiger partial charge in [0, 0.05) is 44.4 Å². The summed E-state index contributed by atoms with van der Waals surface area (Å²) in [7, 11) is 0. The van der Waals surface area contributed by atoms with Crippen molar-refractivity contribution in [3.63, 3.8) is 0 Å². The molecule has 0 unspecified atom stereocenters. The first-order chi connectivity index (χ1) is 14.1. The topological polar surface area (TPSA) is 80.2 Å². The van der Waals surface area contributed by atoms with Gasteiger partial charge in [-0.25, -0.2) is 0 Å². The highest BCUT2D eigenvalue weighted by Gasteiger charge is 2.45. The van der Waals surface area contributed by atoms with Gasteiger partial charge in [-0.3, -0.25) is 9.78 Å². The van der Waals surface area contributed by atoms with Crippen molar-refractivity contribution in [2.24, 2.45) is 0 Å². The van der Waals surface area contributed by atoms with Crippen molar-refractivity contribution in [2.45, 2.75) is 63.6 Å². The minimum absolute atomic E-state index is 0.192. The Morgan fingerprint density at radius 2 is 2.34 bits per heavy atom. The van der Waals surface area contributed by atoms with Gasteiger partial charge in [-0.1, -0.05) is 18.9 Å². The van der Waals surface area contributed by atoms with Crippen LogP contribution in [-0.2, 0) is 22.5 Å². The molecule has 1 aliphatic heterocycles. The van der Waals surface area contributed by atoms with Gasteiger partial charge in [-0.05, 0) is 31.4 Å². The number of amides is 1. The maximum absolute atomic E-state index is 12.9. The van der Waals surface area contributed by atoms with Gasteiger partial charge in [-0.2, -0.15) is 0 Å². The first-order valence-corrected chi connectivity index (χ1v) is 11.3. The molecule has 1 saturated carbocycles. The normalized spacial score (nSPS) is 24.7. The van der Waals surface area contributed by atoms with Crippen LogP contribution in [0.15, 0.2) is 24.5 Å². The lowest BCUT2D eigenvalue weighted by Gasteiger charge is -2.50. The van der Waals surface area contributed by atoms with E-state index >= 15 is 0 Å². The van der Waals surface area contributed by atoms with E-state index in [4.69, 9.17) is 4.74 Å². The van der Waals surface area contributed by atoms with Crippen LogP contribution < -0.4 is 5.32 Å². The summed E-state index contributed by atoms with van der Waals surface area (Å²) >= 11 is 1.57. The third-order valence-electron chi connectivity index (χ3n) is 5.94. The van der Waals surface area contributed by atoms with Crippen molar-refractivity contribution in [1.82, 2.24) is 25.4 Å². The number of pyridine rings is 1. The number of hydrogen-bond acceptors (Lipinski definition) is 7. The van der Waals surface area contributed by atoms with E-state index in [0.29, 0.717) is 32.5 Å². The lowest BCUT2D eigenvalue weighted by Crippen LogP contribution is -2.64. The molecule has 2 fully saturated rings. The summed E-state index contributed by atoms with van der Waals surface area (Å²) in [6.07, 6.45) is 9.26. The smallest absolute Gasteiger partial charge is 0.223 e. The minimum atomic E-state index is -0.284. The number of carbonyl (C=O) groups excluding carboxylic acids is 1. The molecule has 0 bridgehead atoms. The number of hydrogen-bond donors (Lipinski definition) is 1. The zero-order chi connectivity index (χ0) is 20.1. The summed E-state index contributed by atoms with van der Waals surface area (Å²) in [6, 6.07) is 4.30. The Bertz CT molecular complexity index is 810. The summed E-state index contributed by atoms with van der Waals surface area (Å²) in [5.41, 5.74) is 0.887. The Labute approximate surface area is 175 Å². The minimum Gasteiger partial charge on any atom is -0.370 e. The number of nitrogens with zero attached hydrogens (tertiary/aromatic N) is 4. The van der Waals surface area contributed by atoms with E-state index in [2.05, 4.69) is 26.6 Å². The molecule has 2 aliphatic rings. The fourth-order valence-electron chi connectivity index (χ4n) is 4.43. The van der Waals surface area contributed by atoms with Crippen LogP contribution in [0.3, 0.4) is 0 Å². The predicted octanol–water partition coefficient (Wildman–Crippen LogP) is 2.50. The van der Waals surface area contributed by atoms with Crippen LogP contribution >= 0.6 is 11.3 Å². The predicted molar refractivity (Wildman–Crippen MR) is 112 cm³/mol. The molecule has 7 nitrogen and oxygen atoms in total. The summed E-state index contributed by atoms with van der Waals surface area (Å²) < 4.78 is 6.36. The lowest BCUT2D eigenvalue weighted by atomic mass is 9.78. The maximum atomic E-state index is 12.9. The van der Waals surface area contributed by atoms with Gasteiger partial charge < -0.3 is 15.0 Å². The molecule has 2 atom stereocenters. The molecule has 156 valence electrons. The summed E-state index contributed by atoms with van der Waals surface area (Å²) in [5.74, 6) is 0.192. The van der Waals surface area contributed by atoms with E-state index in [1.807, 2.05) is 24.1 Å². The van der Waals surface area contributed by atoms with E-state index in [1.165, 1.54) is 12.0 Å². The largest absolute Gasteiger partial charge is 0.370 e. The molecular weight excluding hydrogens is 386 g/mol. The van der Waals surface area contributed by atoms with Crippen LogP contribution in [-0.4, -0.2) is 57.3 Å². The highest BCUT2D eigenvalue weighted by atomic mass is 32.1. The molecule has 2 aromatic heterocycles. The van der Waals surface area contributed by atoms with Crippen molar-refractivity contribution in [3.05, 3.63) is 40.1 Å². The Morgan fingerprint density at radius 3 is 3.14 bits per heavy atom. The van der Waals surface area contributed by atoms with Gasteiger partial charge in [0.15, 0.2) is 0 Å². The first-order valence-electron chi connectivity index (χ1n) is 10.5. The molecule has 29 heavy (non-hydrogen) atoms. The van der Waals surface area contributed by atoms with Crippen LogP contribution in [0.5, 0.6) is 0 Å². The molecule has 1 saturated heterocycles. The van der Waals surface area contributed by atoms with E-state index < -0.39 is 0 Å². The Kier molecular flexibility index (Phi) is 6.52. The molecular formula is C21H29N5O2S. The molecule has 1 aliphatic carbocycles.